The molecule has 0 unspecified atom stereocenters. The van der Waals surface area contributed by atoms with Crippen molar-refractivity contribution in [2.75, 3.05) is 14.2 Å². The van der Waals surface area contributed by atoms with Gasteiger partial charge in [0.25, 0.3) is 0 Å². The van der Waals surface area contributed by atoms with Gasteiger partial charge in [0.2, 0.25) is 0 Å². The zero-order valence-corrected chi connectivity index (χ0v) is 15.2. The van der Waals surface area contributed by atoms with E-state index in [4.69, 9.17) is 9.47 Å². The SMILES string of the molecule is CCc1cccc2c([C@@H](CC(=O)[O-])c3ccc(OC)c(OC)c3)c[nH]c12. The largest absolute Gasteiger partial charge is 0.550 e. The number of carbonyl (C=O) groups excluding carboxylic acids is 1. The normalized spacial score (nSPS) is 12.1. The van der Waals surface area contributed by atoms with Crippen LogP contribution in [0.1, 0.15) is 36.0 Å². The summed E-state index contributed by atoms with van der Waals surface area (Å²) in [4.78, 5) is 14.8. The van der Waals surface area contributed by atoms with E-state index in [0.717, 1.165) is 28.5 Å². The van der Waals surface area contributed by atoms with Gasteiger partial charge in [-0.05, 0) is 41.7 Å². The second kappa shape index (κ2) is 7.52. The number of aromatic nitrogens is 1. The fourth-order valence-electron chi connectivity index (χ4n) is 3.47. The van der Waals surface area contributed by atoms with Gasteiger partial charge in [-0.25, -0.2) is 0 Å². The lowest BCUT2D eigenvalue weighted by atomic mass is 9.87. The molecule has 5 nitrogen and oxygen atoms in total. The monoisotopic (exact) mass is 352 g/mol. The highest BCUT2D eigenvalue weighted by Crippen LogP contribution is 2.38. The van der Waals surface area contributed by atoms with Crippen molar-refractivity contribution in [1.82, 2.24) is 4.98 Å². The minimum Gasteiger partial charge on any atom is -0.550 e. The number of hydrogen-bond acceptors (Lipinski definition) is 4. The molecule has 0 aliphatic carbocycles. The Morgan fingerprint density at radius 3 is 2.58 bits per heavy atom. The van der Waals surface area contributed by atoms with Gasteiger partial charge in [0.1, 0.15) is 0 Å². The summed E-state index contributed by atoms with van der Waals surface area (Å²) in [6, 6.07) is 11.6. The number of aryl methyl sites for hydroxylation is 1. The number of carboxylic acids is 1. The second-order valence-electron chi connectivity index (χ2n) is 6.18. The van der Waals surface area contributed by atoms with E-state index in [1.54, 1.807) is 20.3 Å². The Bertz CT molecular complexity index is 929. The van der Waals surface area contributed by atoms with Gasteiger partial charge in [0.05, 0.1) is 14.2 Å². The summed E-state index contributed by atoms with van der Waals surface area (Å²) in [6.45, 7) is 2.10. The van der Waals surface area contributed by atoms with Gasteiger partial charge in [-0.2, -0.15) is 0 Å². The summed E-state index contributed by atoms with van der Waals surface area (Å²) in [7, 11) is 3.14. The van der Waals surface area contributed by atoms with Gasteiger partial charge in [0, 0.05) is 29.0 Å². The van der Waals surface area contributed by atoms with Crippen LogP contribution in [-0.2, 0) is 11.2 Å². The maximum Gasteiger partial charge on any atom is 0.161 e. The highest BCUT2D eigenvalue weighted by molar-refractivity contribution is 5.87. The van der Waals surface area contributed by atoms with Crippen LogP contribution < -0.4 is 14.6 Å². The summed E-state index contributed by atoms with van der Waals surface area (Å²) in [5.74, 6) is -0.260. The smallest absolute Gasteiger partial charge is 0.161 e. The van der Waals surface area contributed by atoms with Crippen molar-refractivity contribution in [3.8, 4) is 11.5 Å². The molecule has 136 valence electrons. The van der Waals surface area contributed by atoms with Gasteiger partial charge < -0.3 is 24.4 Å². The number of carbonyl (C=O) groups is 1. The van der Waals surface area contributed by atoms with Crippen molar-refractivity contribution in [2.24, 2.45) is 0 Å². The van der Waals surface area contributed by atoms with Crippen molar-refractivity contribution >= 4 is 16.9 Å². The molecule has 1 N–H and O–H groups in total. The molecule has 0 aliphatic rings. The molecule has 0 saturated heterocycles. The number of rotatable bonds is 7. The molecular weight excluding hydrogens is 330 g/mol. The zero-order valence-electron chi connectivity index (χ0n) is 15.2. The van der Waals surface area contributed by atoms with Crippen molar-refractivity contribution in [3.05, 3.63) is 59.3 Å². The molecule has 0 radical (unpaired) electrons. The van der Waals surface area contributed by atoms with E-state index in [9.17, 15) is 9.90 Å². The molecule has 26 heavy (non-hydrogen) atoms. The first-order valence-electron chi connectivity index (χ1n) is 8.59. The summed E-state index contributed by atoms with van der Waals surface area (Å²) in [5.41, 5.74) is 4.03. The Balaban J connectivity index is 2.14. The lowest BCUT2D eigenvalue weighted by Gasteiger charge is -2.19. The number of aliphatic carboxylic acids is 1. The van der Waals surface area contributed by atoms with Gasteiger partial charge in [-0.15, -0.1) is 0 Å². The molecule has 1 aromatic heterocycles. The number of ether oxygens (including phenoxy) is 2. The number of fused-ring (bicyclic) bond motifs is 1. The number of carboxylic acid groups (broad SMARTS) is 1. The zero-order chi connectivity index (χ0) is 18.7. The maximum absolute atomic E-state index is 11.4. The summed E-state index contributed by atoms with van der Waals surface area (Å²) in [5, 5.41) is 12.5. The number of hydrogen-bond donors (Lipinski definition) is 1. The van der Waals surface area contributed by atoms with Crippen LogP contribution in [0.25, 0.3) is 10.9 Å². The van der Waals surface area contributed by atoms with Gasteiger partial charge >= 0.3 is 0 Å². The quantitative estimate of drug-likeness (QED) is 0.709. The molecule has 1 heterocycles. The topological polar surface area (TPSA) is 74.4 Å². The predicted molar refractivity (Wildman–Crippen MR) is 98.7 cm³/mol. The van der Waals surface area contributed by atoms with Crippen molar-refractivity contribution in [3.63, 3.8) is 0 Å². The lowest BCUT2D eigenvalue weighted by molar-refractivity contribution is -0.305. The molecule has 0 amide bonds. The average molecular weight is 352 g/mol. The van der Waals surface area contributed by atoms with E-state index >= 15 is 0 Å². The minimum atomic E-state index is -1.09. The molecule has 0 fully saturated rings. The van der Waals surface area contributed by atoms with Crippen LogP contribution >= 0.6 is 0 Å². The Morgan fingerprint density at radius 1 is 1.15 bits per heavy atom. The first-order chi connectivity index (χ1) is 12.6. The first-order valence-corrected chi connectivity index (χ1v) is 8.59. The standard InChI is InChI=1S/C21H23NO4/c1-4-13-6-5-7-15-17(12-22-21(13)15)16(11-20(23)24)14-8-9-18(25-2)19(10-14)26-3/h5-10,12,16,22H,4,11H2,1-3H3,(H,23,24)/p-1/t16-/m0/s1. The van der Waals surface area contributed by atoms with Crippen molar-refractivity contribution in [1.29, 1.82) is 0 Å². The van der Waals surface area contributed by atoms with E-state index in [1.165, 1.54) is 5.56 Å². The molecule has 0 aliphatic heterocycles. The van der Waals surface area contributed by atoms with Crippen LogP contribution in [0.15, 0.2) is 42.6 Å². The van der Waals surface area contributed by atoms with Crippen molar-refractivity contribution < 1.29 is 19.4 Å². The van der Waals surface area contributed by atoms with Crippen LogP contribution in [0.4, 0.5) is 0 Å². The van der Waals surface area contributed by atoms with Gasteiger partial charge in [-0.1, -0.05) is 31.2 Å². The van der Waals surface area contributed by atoms with E-state index in [0.29, 0.717) is 11.5 Å². The molecule has 3 aromatic rings. The van der Waals surface area contributed by atoms with Crippen LogP contribution in [0.2, 0.25) is 0 Å². The summed E-state index contributed by atoms with van der Waals surface area (Å²) < 4.78 is 10.7. The van der Waals surface area contributed by atoms with Gasteiger partial charge in [-0.3, -0.25) is 0 Å². The number of para-hydroxylation sites is 1. The Kier molecular flexibility index (Phi) is 5.16. The van der Waals surface area contributed by atoms with E-state index in [1.807, 2.05) is 30.5 Å². The number of benzene rings is 2. The Hall–Kier alpha value is -2.95. The number of H-pyrrole nitrogens is 1. The highest BCUT2D eigenvalue weighted by Gasteiger charge is 2.21. The van der Waals surface area contributed by atoms with Crippen LogP contribution in [0, 0.1) is 0 Å². The lowest BCUT2D eigenvalue weighted by Crippen LogP contribution is -2.24. The predicted octanol–water partition coefficient (Wildman–Crippen LogP) is 3.02. The number of methoxy groups -OCH3 is 2. The molecule has 3 rings (SSSR count). The van der Waals surface area contributed by atoms with E-state index < -0.39 is 5.97 Å². The van der Waals surface area contributed by atoms with E-state index in [-0.39, 0.29) is 12.3 Å². The first kappa shape index (κ1) is 17.9. The fraction of sp³-hybridized carbons (Fsp3) is 0.286. The molecule has 5 heteroatoms. The van der Waals surface area contributed by atoms with E-state index in [2.05, 4.69) is 18.0 Å². The average Bonchev–Trinajstić information content (AvgIpc) is 3.09. The van der Waals surface area contributed by atoms with Crippen LogP contribution in [-0.4, -0.2) is 25.2 Å². The molecule has 0 spiro atoms. The fourth-order valence-corrected chi connectivity index (χ4v) is 3.47. The summed E-state index contributed by atoms with van der Waals surface area (Å²) in [6.07, 6.45) is 2.69. The van der Waals surface area contributed by atoms with Crippen molar-refractivity contribution in [2.45, 2.75) is 25.7 Å². The molecule has 2 aromatic carbocycles. The highest BCUT2D eigenvalue weighted by atomic mass is 16.5. The van der Waals surface area contributed by atoms with Crippen LogP contribution in [0.3, 0.4) is 0 Å². The molecule has 0 saturated carbocycles. The van der Waals surface area contributed by atoms with Gasteiger partial charge in [0.15, 0.2) is 11.5 Å². The number of nitrogens with one attached hydrogen (secondary N) is 1. The molecule has 1 atom stereocenters. The maximum atomic E-state index is 11.4. The number of aromatic amines is 1. The Morgan fingerprint density at radius 2 is 1.92 bits per heavy atom. The third kappa shape index (κ3) is 3.25. The minimum absolute atomic E-state index is 0.112. The Labute approximate surface area is 152 Å². The molecule has 0 bridgehead atoms. The van der Waals surface area contributed by atoms with Crippen LogP contribution in [0.5, 0.6) is 11.5 Å². The second-order valence-corrected chi connectivity index (χ2v) is 6.18. The third-order valence-corrected chi connectivity index (χ3v) is 4.77. The summed E-state index contributed by atoms with van der Waals surface area (Å²) >= 11 is 0. The third-order valence-electron chi connectivity index (χ3n) is 4.77. The molecular formula is C21H22NO4-.